The van der Waals surface area contributed by atoms with Crippen LogP contribution in [0.15, 0.2) is 17.2 Å². The van der Waals surface area contributed by atoms with E-state index in [0.29, 0.717) is 11.3 Å². The van der Waals surface area contributed by atoms with Crippen LogP contribution in [0.1, 0.15) is 50.8 Å². The number of aliphatic hydroxyl groups is 1. The third-order valence-electron chi connectivity index (χ3n) is 4.06. The predicted octanol–water partition coefficient (Wildman–Crippen LogP) is 3.46. The number of hydrogen-bond acceptors (Lipinski definition) is 4. The van der Waals surface area contributed by atoms with Crippen LogP contribution in [0.2, 0.25) is 0 Å². The summed E-state index contributed by atoms with van der Waals surface area (Å²) in [7, 11) is 0. The van der Waals surface area contributed by atoms with Gasteiger partial charge in [0.2, 0.25) is 0 Å². The molecule has 0 saturated heterocycles. The zero-order valence-electron chi connectivity index (χ0n) is 13.6. The maximum Gasteiger partial charge on any atom is 0.0968 e. The summed E-state index contributed by atoms with van der Waals surface area (Å²) in [5, 5.41) is 15.1. The van der Waals surface area contributed by atoms with E-state index in [1.807, 2.05) is 11.8 Å². The van der Waals surface area contributed by atoms with Gasteiger partial charge in [-0.3, -0.25) is 0 Å². The standard InChI is InChI=1S/C17H28N2OS/c1-12(2)19-17(11-20)7-5-6-15(10-17)21-16-9-13(3)8-14(4)18-16/h8-9,12,15,19-20H,5-7,10-11H2,1-4H3. The van der Waals surface area contributed by atoms with Gasteiger partial charge in [0.15, 0.2) is 0 Å². The number of pyridine rings is 1. The molecule has 0 radical (unpaired) electrons. The molecule has 0 amide bonds. The van der Waals surface area contributed by atoms with E-state index in [-0.39, 0.29) is 12.1 Å². The first-order valence-corrected chi connectivity index (χ1v) is 8.81. The van der Waals surface area contributed by atoms with Gasteiger partial charge in [0, 0.05) is 22.5 Å². The highest BCUT2D eigenvalue weighted by Crippen LogP contribution is 2.38. The maximum atomic E-state index is 9.88. The van der Waals surface area contributed by atoms with Gasteiger partial charge in [-0.05, 0) is 50.8 Å². The number of aryl methyl sites for hydroxylation is 2. The monoisotopic (exact) mass is 308 g/mol. The molecule has 1 aliphatic rings. The lowest BCUT2D eigenvalue weighted by atomic mass is 9.81. The summed E-state index contributed by atoms with van der Waals surface area (Å²) in [5.41, 5.74) is 2.25. The molecule has 21 heavy (non-hydrogen) atoms. The average molecular weight is 308 g/mol. The lowest BCUT2D eigenvalue weighted by Crippen LogP contribution is -2.54. The molecule has 1 fully saturated rings. The van der Waals surface area contributed by atoms with Crippen molar-refractivity contribution in [1.82, 2.24) is 10.3 Å². The number of rotatable bonds is 5. The molecule has 1 saturated carbocycles. The van der Waals surface area contributed by atoms with Crippen LogP contribution >= 0.6 is 11.8 Å². The van der Waals surface area contributed by atoms with E-state index in [9.17, 15) is 5.11 Å². The molecule has 1 aromatic heterocycles. The van der Waals surface area contributed by atoms with Crippen LogP contribution < -0.4 is 5.32 Å². The largest absolute Gasteiger partial charge is 0.394 e. The Morgan fingerprint density at radius 1 is 1.43 bits per heavy atom. The van der Waals surface area contributed by atoms with Gasteiger partial charge in [0.25, 0.3) is 0 Å². The van der Waals surface area contributed by atoms with Gasteiger partial charge in [-0.1, -0.05) is 20.3 Å². The van der Waals surface area contributed by atoms with Crippen molar-refractivity contribution in [3.8, 4) is 0 Å². The summed E-state index contributed by atoms with van der Waals surface area (Å²) in [6, 6.07) is 4.69. The van der Waals surface area contributed by atoms with Gasteiger partial charge in [0.1, 0.15) is 0 Å². The van der Waals surface area contributed by atoms with Crippen LogP contribution in [-0.4, -0.2) is 33.5 Å². The van der Waals surface area contributed by atoms with Crippen LogP contribution in [0.5, 0.6) is 0 Å². The fourth-order valence-electron chi connectivity index (χ4n) is 3.38. The Kier molecular flexibility index (Phi) is 5.69. The second kappa shape index (κ2) is 7.12. The van der Waals surface area contributed by atoms with Crippen LogP contribution in [-0.2, 0) is 0 Å². The molecule has 4 heteroatoms. The van der Waals surface area contributed by atoms with E-state index in [4.69, 9.17) is 0 Å². The van der Waals surface area contributed by atoms with Gasteiger partial charge in [-0.2, -0.15) is 0 Å². The molecule has 1 aromatic rings. The zero-order valence-corrected chi connectivity index (χ0v) is 14.5. The van der Waals surface area contributed by atoms with Crippen molar-refractivity contribution < 1.29 is 5.11 Å². The topological polar surface area (TPSA) is 45.2 Å². The number of hydrogen-bond donors (Lipinski definition) is 2. The van der Waals surface area contributed by atoms with Crippen molar-refractivity contribution in [3.05, 3.63) is 23.4 Å². The third kappa shape index (κ3) is 4.70. The van der Waals surface area contributed by atoms with E-state index in [1.54, 1.807) is 0 Å². The Labute approximate surface area is 132 Å². The molecular weight excluding hydrogens is 280 g/mol. The second-order valence-corrected chi connectivity index (χ2v) is 8.02. The Balaban J connectivity index is 2.06. The second-order valence-electron chi connectivity index (χ2n) is 6.70. The van der Waals surface area contributed by atoms with Crippen LogP contribution in [0.3, 0.4) is 0 Å². The number of nitrogens with one attached hydrogen (secondary N) is 1. The van der Waals surface area contributed by atoms with Gasteiger partial charge in [-0.25, -0.2) is 4.98 Å². The highest BCUT2D eigenvalue weighted by atomic mass is 32.2. The fraction of sp³-hybridized carbons (Fsp3) is 0.706. The molecule has 0 aliphatic heterocycles. The number of nitrogens with zero attached hydrogens (tertiary/aromatic N) is 1. The quantitative estimate of drug-likeness (QED) is 0.874. The van der Waals surface area contributed by atoms with Gasteiger partial charge >= 0.3 is 0 Å². The highest BCUT2D eigenvalue weighted by molar-refractivity contribution is 7.99. The van der Waals surface area contributed by atoms with Crippen molar-refractivity contribution in [2.45, 2.75) is 75.2 Å². The average Bonchev–Trinajstić information content (AvgIpc) is 2.37. The molecule has 1 heterocycles. The molecule has 3 nitrogen and oxygen atoms in total. The van der Waals surface area contributed by atoms with E-state index in [1.165, 1.54) is 18.4 Å². The zero-order chi connectivity index (χ0) is 15.5. The fourth-order valence-corrected chi connectivity index (χ4v) is 4.86. The Bertz CT molecular complexity index is 458. The summed E-state index contributed by atoms with van der Waals surface area (Å²) in [6.45, 7) is 8.70. The third-order valence-corrected chi connectivity index (χ3v) is 5.25. The van der Waals surface area contributed by atoms with Gasteiger partial charge in [0.05, 0.1) is 11.6 Å². The molecule has 0 spiro atoms. The van der Waals surface area contributed by atoms with Crippen LogP contribution in [0.4, 0.5) is 0 Å². The molecule has 2 unspecified atom stereocenters. The van der Waals surface area contributed by atoms with Crippen molar-refractivity contribution in [2.24, 2.45) is 0 Å². The molecule has 1 aliphatic carbocycles. The molecule has 0 aromatic carbocycles. The van der Waals surface area contributed by atoms with Crippen molar-refractivity contribution in [2.75, 3.05) is 6.61 Å². The van der Waals surface area contributed by atoms with Crippen molar-refractivity contribution in [1.29, 1.82) is 0 Å². The molecule has 0 bridgehead atoms. The summed E-state index contributed by atoms with van der Waals surface area (Å²) in [4.78, 5) is 4.64. The van der Waals surface area contributed by atoms with E-state index < -0.39 is 0 Å². The predicted molar refractivity (Wildman–Crippen MR) is 89.9 cm³/mol. The Morgan fingerprint density at radius 3 is 2.81 bits per heavy atom. The SMILES string of the molecule is Cc1cc(C)nc(SC2CCCC(CO)(NC(C)C)C2)c1. The first-order valence-electron chi connectivity index (χ1n) is 7.93. The molecular formula is C17H28N2OS. The summed E-state index contributed by atoms with van der Waals surface area (Å²) >= 11 is 1.88. The summed E-state index contributed by atoms with van der Waals surface area (Å²) in [5.74, 6) is 0. The number of aliphatic hydroxyl groups excluding tert-OH is 1. The summed E-state index contributed by atoms with van der Waals surface area (Å²) < 4.78 is 0. The number of aromatic nitrogens is 1. The summed E-state index contributed by atoms with van der Waals surface area (Å²) in [6.07, 6.45) is 4.46. The lowest BCUT2D eigenvalue weighted by molar-refractivity contribution is 0.115. The minimum Gasteiger partial charge on any atom is -0.394 e. The van der Waals surface area contributed by atoms with Gasteiger partial charge < -0.3 is 10.4 Å². The van der Waals surface area contributed by atoms with Crippen molar-refractivity contribution >= 4 is 11.8 Å². The molecule has 2 N–H and O–H groups in total. The Hall–Kier alpha value is -0.580. The van der Waals surface area contributed by atoms with Crippen LogP contribution in [0, 0.1) is 13.8 Å². The highest BCUT2D eigenvalue weighted by Gasteiger charge is 2.36. The first-order chi connectivity index (χ1) is 9.92. The molecule has 2 atom stereocenters. The molecule has 2 rings (SSSR count). The lowest BCUT2D eigenvalue weighted by Gasteiger charge is -2.41. The first kappa shape index (κ1) is 16.8. The molecule has 118 valence electrons. The van der Waals surface area contributed by atoms with Crippen LogP contribution in [0.25, 0.3) is 0 Å². The minimum atomic E-state index is -0.108. The van der Waals surface area contributed by atoms with E-state index >= 15 is 0 Å². The maximum absolute atomic E-state index is 9.88. The Morgan fingerprint density at radius 2 is 2.19 bits per heavy atom. The smallest absolute Gasteiger partial charge is 0.0968 e. The van der Waals surface area contributed by atoms with E-state index in [2.05, 4.69) is 50.1 Å². The van der Waals surface area contributed by atoms with Crippen molar-refractivity contribution in [3.63, 3.8) is 0 Å². The normalized spacial score (nSPS) is 26.3. The number of thioether (sulfide) groups is 1. The van der Waals surface area contributed by atoms with Gasteiger partial charge in [-0.15, -0.1) is 11.8 Å². The van der Waals surface area contributed by atoms with E-state index in [0.717, 1.165) is 23.6 Å². The minimum absolute atomic E-state index is 0.108.